The van der Waals surface area contributed by atoms with Gasteiger partial charge in [0.05, 0.1) is 0 Å². The molecule has 0 saturated heterocycles. The molecule has 1 aliphatic carbocycles. The molecule has 0 radical (unpaired) electrons. The minimum atomic E-state index is 0.333. The van der Waals surface area contributed by atoms with Crippen LogP contribution in [0.1, 0.15) is 46.8 Å². The third kappa shape index (κ3) is 2.86. The maximum absolute atomic E-state index is 9.69. The largest absolute Gasteiger partial charge is 0.508 e. The topological polar surface area (TPSA) is 45.2 Å². The molecule has 0 spiro atoms. The van der Waals surface area contributed by atoms with E-state index in [1.807, 2.05) is 12.3 Å². The van der Waals surface area contributed by atoms with Gasteiger partial charge in [-0.15, -0.1) is 11.3 Å². The second-order valence-electron chi connectivity index (χ2n) is 5.28. The van der Waals surface area contributed by atoms with Crippen molar-refractivity contribution in [1.82, 2.24) is 10.3 Å². The van der Waals surface area contributed by atoms with Crippen LogP contribution in [0.2, 0.25) is 0 Å². The molecule has 2 aromatic rings. The van der Waals surface area contributed by atoms with Crippen molar-refractivity contribution in [2.24, 2.45) is 0 Å². The third-order valence-electron chi connectivity index (χ3n) is 3.89. The zero-order valence-corrected chi connectivity index (χ0v) is 12.5. The molecule has 0 amide bonds. The summed E-state index contributed by atoms with van der Waals surface area (Å²) in [7, 11) is 0. The summed E-state index contributed by atoms with van der Waals surface area (Å²) in [6.07, 6.45) is 6.47. The molecule has 3 rings (SSSR count). The number of nitrogens with one attached hydrogen (secondary N) is 1. The fraction of sp³-hybridized carbons (Fsp3) is 0.438. The maximum Gasteiger partial charge on any atom is 0.115 e. The van der Waals surface area contributed by atoms with Crippen LogP contribution in [-0.2, 0) is 19.4 Å². The minimum absolute atomic E-state index is 0.333. The number of benzene rings is 1. The monoisotopic (exact) mass is 288 g/mol. The maximum atomic E-state index is 9.69. The second-order valence-corrected chi connectivity index (χ2v) is 6.48. The number of rotatable bonds is 4. The molecule has 1 aromatic heterocycles. The van der Waals surface area contributed by atoms with Crippen LogP contribution in [0.3, 0.4) is 0 Å². The van der Waals surface area contributed by atoms with Gasteiger partial charge in [0, 0.05) is 23.7 Å². The normalized spacial score (nSPS) is 17.9. The highest BCUT2D eigenvalue weighted by Crippen LogP contribution is 2.32. The Bertz CT molecular complexity index is 594. The number of hydrogen-bond donors (Lipinski definition) is 2. The number of aromatic hydroxyl groups is 1. The first kappa shape index (κ1) is 13.6. The first-order valence-electron chi connectivity index (χ1n) is 7.25. The van der Waals surface area contributed by atoms with Crippen molar-refractivity contribution < 1.29 is 5.11 Å². The summed E-state index contributed by atoms with van der Waals surface area (Å²) in [5.41, 5.74) is 2.61. The molecule has 1 aliphatic rings. The fourth-order valence-electron chi connectivity index (χ4n) is 2.80. The van der Waals surface area contributed by atoms with Crippen LogP contribution in [0.4, 0.5) is 0 Å². The Morgan fingerprint density at radius 2 is 2.35 bits per heavy atom. The van der Waals surface area contributed by atoms with Crippen LogP contribution in [0.25, 0.3) is 0 Å². The number of phenols is 1. The molecule has 3 nitrogen and oxygen atoms in total. The van der Waals surface area contributed by atoms with Crippen LogP contribution in [0.15, 0.2) is 24.4 Å². The van der Waals surface area contributed by atoms with E-state index in [-0.39, 0.29) is 0 Å². The summed E-state index contributed by atoms with van der Waals surface area (Å²) in [5.74, 6) is 0.361. The molecule has 0 bridgehead atoms. The van der Waals surface area contributed by atoms with Gasteiger partial charge in [-0.05, 0) is 48.9 Å². The van der Waals surface area contributed by atoms with E-state index in [9.17, 15) is 5.11 Å². The number of aryl methyl sites for hydroxylation is 2. The molecule has 1 heterocycles. The minimum Gasteiger partial charge on any atom is -0.508 e. The predicted molar refractivity (Wildman–Crippen MR) is 82.1 cm³/mol. The first-order chi connectivity index (χ1) is 9.76. The Morgan fingerprint density at radius 3 is 3.15 bits per heavy atom. The van der Waals surface area contributed by atoms with E-state index < -0.39 is 0 Å². The highest BCUT2D eigenvalue weighted by atomic mass is 32.1. The van der Waals surface area contributed by atoms with Gasteiger partial charge in [0.15, 0.2) is 0 Å². The van der Waals surface area contributed by atoms with Gasteiger partial charge in [-0.1, -0.05) is 13.0 Å². The highest BCUT2D eigenvalue weighted by molar-refractivity contribution is 7.11. The van der Waals surface area contributed by atoms with Crippen molar-refractivity contribution in [3.8, 4) is 5.75 Å². The molecule has 1 atom stereocenters. The van der Waals surface area contributed by atoms with E-state index in [0.29, 0.717) is 11.8 Å². The predicted octanol–water partition coefficient (Wildman–Crippen LogP) is 3.58. The summed E-state index contributed by atoms with van der Waals surface area (Å²) in [4.78, 5) is 5.79. The Kier molecular flexibility index (Phi) is 4.03. The number of aromatic nitrogens is 1. The first-order valence-corrected chi connectivity index (χ1v) is 8.06. The average Bonchev–Trinajstić information content (AvgIpc) is 2.93. The smallest absolute Gasteiger partial charge is 0.115 e. The highest BCUT2D eigenvalue weighted by Gasteiger charge is 2.20. The standard InChI is InChI=1S/C16H20N2OS/c1-2-13-9-18-16(20-13)10-17-15-5-3-4-11-6-7-12(19)8-14(11)15/h6-9,15,17,19H,2-5,10H2,1H3. The molecule has 20 heavy (non-hydrogen) atoms. The lowest BCUT2D eigenvalue weighted by Crippen LogP contribution is -2.24. The van der Waals surface area contributed by atoms with Crippen molar-refractivity contribution in [3.63, 3.8) is 0 Å². The van der Waals surface area contributed by atoms with Crippen molar-refractivity contribution in [1.29, 1.82) is 0 Å². The van der Waals surface area contributed by atoms with Gasteiger partial charge < -0.3 is 10.4 Å². The lowest BCUT2D eigenvalue weighted by molar-refractivity contribution is 0.445. The van der Waals surface area contributed by atoms with E-state index in [1.165, 1.54) is 22.4 Å². The number of fused-ring (bicyclic) bond motifs is 1. The van der Waals surface area contributed by atoms with Crippen LogP contribution < -0.4 is 5.32 Å². The quantitative estimate of drug-likeness (QED) is 0.904. The summed E-state index contributed by atoms with van der Waals surface area (Å²) in [6.45, 7) is 2.97. The fourth-order valence-corrected chi connectivity index (χ4v) is 3.62. The van der Waals surface area contributed by atoms with Crippen LogP contribution in [0, 0.1) is 0 Å². The van der Waals surface area contributed by atoms with E-state index in [0.717, 1.165) is 30.8 Å². The molecular formula is C16H20N2OS. The molecule has 0 aliphatic heterocycles. The number of phenolic OH excluding ortho intramolecular Hbond substituents is 1. The van der Waals surface area contributed by atoms with Gasteiger partial charge in [0.25, 0.3) is 0 Å². The Labute approximate surface area is 123 Å². The number of nitrogens with zero attached hydrogens (tertiary/aromatic N) is 1. The van der Waals surface area contributed by atoms with Gasteiger partial charge >= 0.3 is 0 Å². The molecule has 1 unspecified atom stereocenters. The van der Waals surface area contributed by atoms with E-state index in [2.05, 4.69) is 23.3 Å². The van der Waals surface area contributed by atoms with Crippen molar-refractivity contribution >= 4 is 11.3 Å². The lowest BCUT2D eigenvalue weighted by Gasteiger charge is -2.26. The second kappa shape index (κ2) is 5.94. The van der Waals surface area contributed by atoms with Gasteiger partial charge in [-0.3, -0.25) is 0 Å². The Hall–Kier alpha value is -1.39. The lowest BCUT2D eigenvalue weighted by atomic mass is 9.87. The zero-order chi connectivity index (χ0) is 13.9. The molecule has 106 valence electrons. The zero-order valence-electron chi connectivity index (χ0n) is 11.7. The average molecular weight is 288 g/mol. The van der Waals surface area contributed by atoms with Gasteiger partial charge in [0.2, 0.25) is 0 Å². The number of hydrogen-bond acceptors (Lipinski definition) is 4. The van der Waals surface area contributed by atoms with Gasteiger partial charge in [0.1, 0.15) is 10.8 Å². The summed E-state index contributed by atoms with van der Waals surface area (Å²) in [6, 6.07) is 6.08. The Balaban J connectivity index is 1.71. The van der Waals surface area contributed by atoms with E-state index >= 15 is 0 Å². The Morgan fingerprint density at radius 1 is 1.45 bits per heavy atom. The van der Waals surface area contributed by atoms with E-state index in [1.54, 1.807) is 17.4 Å². The molecule has 2 N–H and O–H groups in total. The summed E-state index contributed by atoms with van der Waals surface area (Å²) < 4.78 is 0. The third-order valence-corrected chi connectivity index (χ3v) is 5.04. The van der Waals surface area contributed by atoms with E-state index in [4.69, 9.17) is 0 Å². The molecular weight excluding hydrogens is 268 g/mol. The SMILES string of the molecule is CCc1cnc(CNC2CCCc3ccc(O)cc32)s1. The van der Waals surface area contributed by atoms with Crippen molar-refractivity contribution in [2.75, 3.05) is 0 Å². The van der Waals surface area contributed by atoms with Gasteiger partial charge in [-0.2, -0.15) is 0 Å². The van der Waals surface area contributed by atoms with Crippen LogP contribution in [-0.4, -0.2) is 10.1 Å². The molecule has 0 saturated carbocycles. The summed E-state index contributed by atoms with van der Waals surface area (Å²) in [5, 5.41) is 14.4. The van der Waals surface area contributed by atoms with Crippen molar-refractivity contribution in [2.45, 2.75) is 45.2 Å². The van der Waals surface area contributed by atoms with Crippen LogP contribution >= 0.6 is 11.3 Å². The molecule has 1 aromatic carbocycles. The molecule has 0 fully saturated rings. The molecule has 4 heteroatoms. The van der Waals surface area contributed by atoms with Gasteiger partial charge in [-0.25, -0.2) is 4.98 Å². The van der Waals surface area contributed by atoms with Crippen LogP contribution in [0.5, 0.6) is 5.75 Å². The number of thiazole rings is 1. The summed E-state index contributed by atoms with van der Waals surface area (Å²) >= 11 is 1.78. The van der Waals surface area contributed by atoms with Crippen molar-refractivity contribution in [3.05, 3.63) is 45.4 Å².